The van der Waals surface area contributed by atoms with Crippen LogP contribution in [0.3, 0.4) is 0 Å². The van der Waals surface area contributed by atoms with Gasteiger partial charge < -0.3 is 5.73 Å². The van der Waals surface area contributed by atoms with E-state index < -0.39 is 6.04 Å². The van der Waals surface area contributed by atoms with Crippen LogP contribution in [0, 0.1) is 0 Å². The minimum absolute atomic E-state index is 0.258. The summed E-state index contributed by atoms with van der Waals surface area (Å²) in [6.45, 7) is 1.65. The molecule has 6 nitrogen and oxygen atoms in total. The summed E-state index contributed by atoms with van der Waals surface area (Å²) in [6, 6.07) is -0.485. The summed E-state index contributed by atoms with van der Waals surface area (Å²) >= 11 is 0. The van der Waals surface area contributed by atoms with Gasteiger partial charge in [-0.3, -0.25) is 9.79 Å². The number of nitrogens with two attached hydrogens (primary N) is 1. The molecule has 66 valence electrons. The molecule has 0 aliphatic carbocycles. The van der Waals surface area contributed by atoms with Gasteiger partial charge >= 0.3 is 0 Å². The Bertz CT molecular complexity index is 480. The fraction of sp³-hybridized carbons (Fsp3) is 0.286. The number of carbonyl (C=O) groups is 1. The molecule has 2 N–H and O–H groups in total. The van der Waals surface area contributed by atoms with E-state index in [-0.39, 0.29) is 17.2 Å². The molecule has 0 bridgehead atoms. The normalized spacial score (nSPS) is 20.1. The Hall–Kier alpha value is -1.85. The molecule has 1 aliphatic heterocycles. The van der Waals surface area contributed by atoms with Crippen LogP contribution < -0.4 is 16.6 Å². The highest BCUT2D eigenvalue weighted by Crippen LogP contribution is 1.94. The van der Waals surface area contributed by atoms with Crippen LogP contribution in [0.1, 0.15) is 6.92 Å². The molecule has 1 aromatic heterocycles. The summed E-state index contributed by atoms with van der Waals surface area (Å²) in [4.78, 5) is 26.4. The van der Waals surface area contributed by atoms with Crippen molar-refractivity contribution in [3.05, 3.63) is 17.2 Å². The third-order valence-electron chi connectivity index (χ3n) is 1.73. The van der Waals surface area contributed by atoms with Crippen molar-refractivity contribution in [2.45, 2.75) is 13.0 Å². The number of nitrogens with zero attached hydrogens (tertiary/aromatic N) is 4. The number of nitrogen functional groups attached to an aromatic ring is 1. The molecule has 2 heterocycles. The van der Waals surface area contributed by atoms with Crippen molar-refractivity contribution in [2.24, 2.45) is 9.98 Å². The molecule has 13 heavy (non-hydrogen) atoms. The number of carbonyl (C=O) groups excluding carboxylic acids is 1. The zero-order valence-electron chi connectivity index (χ0n) is 6.93. The molecule has 0 radical (unpaired) electrons. The van der Waals surface area contributed by atoms with Crippen molar-refractivity contribution in [3.63, 3.8) is 0 Å². The molecule has 0 fully saturated rings. The van der Waals surface area contributed by atoms with Gasteiger partial charge in [0, 0.05) is 0 Å². The summed E-state index contributed by atoms with van der Waals surface area (Å²) in [5, 5.41) is 0.412. The van der Waals surface area contributed by atoms with Gasteiger partial charge in [0.25, 0.3) is 5.91 Å². The van der Waals surface area contributed by atoms with E-state index in [1.54, 1.807) is 6.92 Å². The summed E-state index contributed by atoms with van der Waals surface area (Å²) < 4.78 is 0. The SMILES string of the molecule is CC1N=c2c(N)ncnc2=NC1=O. The Balaban J connectivity index is 2.84. The van der Waals surface area contributed by atoms with Crippen molar-refractivity contribution in [1.82, 2.24) is 9.97 Å². The van der Waals surface area contributed by atoms with Crippen LogP contribution in [-0.4, -0.2) is 21.9 Å². The fourth-order valence-corrected chi connectivity index (χ4v) is 1.03. The highest BCUT2D eigenvalue weighted by Gasteiger charge is 2.15. The van der Waals surface area contributed by atoms with E-state index in [1.165, 1.54) is 6.33 Å². The van der Waals surface area contributed by atoms with Crippen molar-refractivity contribution in [1.29, 1.82) is 0 Å². The fourth-order valence-electron chi connectivity index (χ4n) is 1.03. The van der Waals surface area contributed by atoms with Gasteiger partial charge in [-0.2, -0.15) is 4.99 Å². The second kappa shape index (κ2) is 2.58. The van der Waals surface area contributed by atoms with Crippen molar-refractivity contribution < 1.29 is 4.79 Å². The molecule has 0 saturated carbocycles. The van der Waals surface area contributed by atoms with Gasteiger partial charge in [0.2, 0.25) is 0 Å². The van der Waals surface area contributed by atoms with Crippen molar-refractivity contribution >= 4 is 11.7 Å². The molecule has 1 atom stereocenters. The first-order valence-electron chi connectivity index (χ1n) is 3.75. The molecular weight excluding hydrogens is 170 g/mol. The zero-order valence-corrected chi connectivity index (χ0v) is 6.93. The standard InChI is InChI=1S/C7H7N5O/c1-3-7(13)12-6-4(11-3)5(8)9-2-10-6/h2-3H,1H3,(H2,8,9,10,12,13). The monoisotopic (exact) mass is 177 g/mol. The Morgan fingerprint density at radius 2 is 2.23 bits per heavy atom. The lowest BCUT2D eigenvalue weighted by Crippen LogP contribution is -2.40. The zero-order chi connectivity index (χ0) is 9.42. The first-order chi connectivity index (χ1) is 6.18. The van der Waals surface area contributed by atoms with Gasteiger partial charge in [0.15, 0.2) is 11.3 Å². The molecule has 0 spiro atoms. The molecule has 6 heteroatoms. The third-order valence-corrected chi connectivity index (χ3v) is 1.73. The topological polar surface area (TPSA) is 93.6 Å². The third kappa shape index (κ3) is 1.16. The molecule has 2 rings (SSSR count). The van der Waals surface area contributed by atoms with Crippen LogP contribution in [0.15, 0.2) is 16.3 Å². The molecule has 1 unspecified atom stereocenters. The van der Waals surface area contributed by atoms with E-state index >= 15 is 0 Å². The van der Waals surface area contributed by atoms with E-state index in [9.17, 15) is 4.79 Å². The average Bonchev–Trinajstić information content (AvgIpc) is 2.09. The number of anilines is 1. The Kier molecular flexibility index (Phi) is 1.54. The lowest BCUT2D eigenvalue weighted by atomic mass is 10.3. The van der Waals surface area contributed by atoms with Gasteiger partial charge in [-0.15, -0.1) is 0 Å². The summed E-state index contributed by atoms with van der Waals surface area (Å²) in [7, 11) is 0. The van der Waals surface area contributed by atoms with Gasteiger partial charge in [0.1, 0.15) is 17.7 Å². The Labute approximate surface area is 73.3 Å². The smallest absolute Gasteiger partial charge is 0.272 e. The van der Waals surface area contributed by atoms with E-state index in [2.05, 4.69) is 20.0 Å². The molecule has 1 aliphatic rings. The van der Waals surface area contributed by atoms with E-state index in [4.69, 9.17) is 5.73 Å². The van der Waals surface area contributed by atoms with Gasteiger partial charge in [0.05, 0.1) is 0 Å². The number of aromatic nitrogens is 2. The van der Waals surface area contributed by atoms with Gasteiger partial charge in [-0.1, -0.05) is 0 Å². The Morgan fingerprint density at radius 1 is 1.46 bits per heavy atom. The first kappa shape index (κ1) is 7.78. The number of hydrogen-bond acceptors (Lipinski definition) is 5. The van der Waals surface area contributed by atoms with Crippen LogP contribution in [-0.2, 0) is 4.79 Å². The van der Waals surface area contributed by atoms with Crippen LogP contribution in [0.5, 0.6) is 0 Å². The number of fused-ring (bicyclic) bond motifs is 1. The van der Waals surface area contributed by atoms with Gasteiger partial charge in [-0.25, -0.2) is 9.97 Å². The molecule has 0 aromatic carbocycles. The predicted octanol–water partition coefficient (Wildman–Crippen LogP) is -1.77. The second-order valence-corrected chi connectivity index (χ2v) is 2.69. The maximum Gasteiger partial charge on any atom is 0.272 e. The number of hydrogen-bond donors (Lipinski definition) is 1. The highest BCUT2D eigenvalue weighted by molar-refractivity contribution is 5.82. The lowest BCUT2D eigenvalue weighted by Gasteiger charge is -2.04. The number of rotatable bonds is 0. The second-order valence-electron chi connectivity index (χ2n) is 2.69. The first-order valence-corrected chi connectivity index (χ1v) is 3.75. The van der Waals surface area contributed by atoms with E-state index in [0.717, 1.165) is 0 Å². The largest absolute Gasteiger partial charge is 0.382 e. The van der Waals surface area contributed by atoms with Crippen molar-refractivity contribution in [2.75, 3.05) is 5.73 Å². The molecule has 1 amide bonds. The van der Waals surface area contributed by atoms with Crippen LogP contribution in [0.2, 0.25) is 0 Å². The van der Waals surface area contributed by atoms with Gasteiger partial charge in [-0.05, 0) is 6.92 Å². The molecule has 0 saturated heterocycles. The molecule has 1 aromatic rings. The average molecular weight is 177 g/mol. The number of amides is 1. The summed E-state index contributed by atoms with van der Waals surface area (Å²) in [5.74, 6) is -0.0429. The summed E-state index contributed by atoms with van der Waals surface area (Å²) in [6.07, 6.45) is 1.26. The minimum atomic E-state index is -0.485. The van der Waals surface area contributed by atoms with E-state index in [0.29, 0.717) is 5.36 Å². The Morgan fingerprint density at radius 3 is 3.00 bits per heavy atom. The maximum absolute atomic E-state index is 11.1. The quantitative estimate of drug-likeness (QED) is 0.507. The summed E-state index contributed by atoms with van der Waals surface area (Å²) in [5.41, 5.74) is 5.79. The maximum atomic E-state index is 11.1. The van der Waals surface area contributed by atoms with Crippen LogP contribution >= 0.6 is 0 Å². The minimum Gasteiger partial charge on any atom is -0.382 e. The predicted molar refractivity (Wildman–Crippen MR) is 43.2 cm³/mol. The van der Waals surface area contributed by atoms with E-state index in [1.807, 2.05) is 0 Å². The van der Waals surface area contributed by atoms with Crippen molar-refractivity contribution in [3.8, 4) is 0 Å². The lowest BCUT2D eigenvalue weighted by molar-refractivity contribution is -0.119. The van der Waals surface area contributed by atoms with Crippen LogP contribution in [0.25, 0.3) is 0 Å². The highest BCUT2D eigenvalue weighted by atomic mass is 16.1. The van der Waals surface area contributed by atoms with Crippen LogP contribution in [0.4, 0.5) is 5.82 Å². The molecular formula is C7H7N5O.